The normalized spacial score (nSPS) is 15.2. The number of fused-ring (bicyclic) bond motifs is 1. The maximum absolute atomic E-state index is 12.0. The molecular formula is C20H27N3O3. The summed E-state index contributed by atoms with van der Waals surface area (Å²) in [5.74, 6) is -0.00718. The molecule has 1 amide bonds. The number of ether oxygens (including phenoxy) is 1. The van der Waals surface area contributed by atoms with Crippen LogP contribution in [0.4, 0.5) is 0 Å². The summed E-state index contributed by atoms with van der Waals surface area (Å²) in [5, 5.41) is 7.70. The van der Waals surface area contributed by atoms with Crippen LogP contribution >= 0.6 is 0 Å². The molecule has 0 spiro atoms. The SMILES string of the molecule is O=C(CCn1ncc(=O)c2ccccc21)NCCCOC1CCCCC1. The van der Waals surface area contributed by atoms with Crippen molar-refractivity contribution in [1.82, 2.24) is 15.1 Å². The Morgan fingerprint density at radius 2 is 2.04 bits per heavy atom. The molecule has 1 heterocycles. The highest BCUT2D eigenvalue weighted by atomic mass is 16.5. The standard InChI is InChI=1S/C20H27N3O3/c24-19-15-22-23(18-10-5-4-9-17(18)19)13-11-20(25)21-12-6-14-26-16-7-2-1-3-8-16/h4-5,9-10,15-16H,1-3,6-8,11-14H2,(H,21,25). The Bertz CT molecular complexity index is 781. The molecule has 6 heteroatoms. The zero-order valence-electron chi connectivity index (χ0n) is 15.2. The van der Waals surface area contributed by atoms with Gasteiger partial charge in [0.1, 0.15) is 0 Å². The summed E-state index contributed by atoms with van der Waals surface area (Å²) in [5.41, 5.74) is 0.660. The largest absolute Gasteiger partial charge is 0.378 e. The zero-order chi connectivity index (χ0) is 18.2. The lowest BCUT2D eigenvalue weighted by atomic mass is 9.98. The predicted molar refractivity (Wildman–Crippen MR) is 101 cm³/mol. The molecule has 3 rings (SSSR count). The molecule has 1 saturated carbocycles. The second-order valence-electron chi connectivity index (χ2n) is 6.83. The average Bonchev–Trinajstić information content (AvgIpc) is 2.68. The second kappa shape index (κ2) is 9.48. The first kappa shape index (κ1) is 18.6. The third-order valence-corrected chi connectivity index (χ3v) is 4.86. The van der Waals surface area contributed by atoms with E-state index in [9.17, 15) is 9.59 Å². The van der Waals surface area contributed by atoms with Gasteiger partial charge in [-0.15, -0.1) is 0 Å². The van der Waals surface area contributed by atoms with Gasteiger partial charge in [-0.2, -0.15) is 5.10 Å². The number of carbonyl (C=O) groups is 1. The van der Waals surface area contributed by atoms with E-state index in [1.807, 2.05) is 18.2 Å². The zero-order valence-corrected chi connectivity index (χ0v) is 15.2. The number of rotatable bonds is 8. The van der Waals surface area contributed by atoms with Gasteiger partial charge in [-0.1, -0.05) is 31.4 Å². The van der Waals surface area contributed by atoms with Crippen LogP contribution in [0.2, 0.25) is 0 Å². The van der Waals surface area contributed by atoms with E-state index >= 15 is 0 Å². The van der Waals surface area contributed by atoms with Gasteiger partial charge in [0.25, 0.3) is 0 Å². The summed E-state index contributed by atoms with van der Waals surface area (Å²) >= 11 is 0. The van der Waals surface area contributed by atoms with E-state index in [-0.39, 0.29) is 11.3 Å². The maximum atomic E-state index is 12.0. The molecule has 0 saturated heterocycles. The minimum absolute atomic E-state index is 0.00718. The molecular weight excluding hydrogens is 330 g/mol. The van der Waals surface area contributed by atoms with Crippen molar-refractivity contribution in [2.24, 2.45) is 0 Å². The fourth-order valence-corrected chi connectivity index (χ4v) is 3.42. The lowest BCUT2D eigenvalue weighted by Crippen LogP contribution is -2.27. The minimum atomic E-state index is -0.0979. The molecule has 1 aliphatic carbocycles. The molecule has 0 aliphatic heterocycles. The van der Waals surface area contributed by atoms with Crippen LogP contribution in [0.3, 0.4) is 0 Å². The number of aryl methyl sites for hydroxylation is 1. The van der Waals surface area contributed by atoms with Gasteiger partial charge < -0.3 is 10.1 Å². The number of hydrogen-bond donors (Lipinski definition) is 1. The van der Waals surface area contributed by atoms with Crippen LogP contribution < -0.4 is 10.7 Å². The highest BCUT2D eigenvalue weighted by molar-refractivity contribution is 5.78. The van der Waals surface area contributed by atoms with Gasteiger partial charge in [0, 0.05) is 25.0 Å². The number of hydrogen-bond acceptors (Lipinski definition) is 4. The predicted octanol–water partition coefficient (Wildman–Crippen LogP) is 2.64. The van der Waals surface area contributed by atoms with E-state index in [2.05, 4.69) is 10.4 Å². The van der Waals surface area contributed by atoms with E-state index in [0.717, 1.165) is 11.9 Å². The first-order valence-corrected chi connectivity index (χ1v) is 9.57. The number of nitrogens with zero attached hydrogens (tertiary/aromatic N) is 2. The highest BCUT2D eigenvalue weighted by Gasteiger charge is 2.13. The van der Waals surface area contributed by atoms with Crippen molar-refractivity contribution in [2.45, 2.75) is 57.6 Å². The summed E-state index contributed by atoms with van der Waals surface area (Å²) in [6, 6.07) is 7.33. The van der Waals surface area contributed by atoms with Crippen LogP contribution in [0.5, 0.6) is 0 Å². The van der Waals surface area contributed by atoms with Crippen LogP contribution in [0, 0.1) is 0 Å². The third-order valence-electron chi connectivity index (χ3n) is 4.86. The lowest BCUT2D eigenvalue weighted by molar-refractivity contribution is -0.121. The van der Waals surface area contributed by atoms with Gasteiger partial charge in [-0.3, -0.25) is 14.3 Å². The molecule has 0 atom stereocenters. The van der Waals surface area contributed by atoms with Crippen molar-refractivity contribution < 1.29 is 9.53 Å². The number of nitrogens with one attached hydrogen (secondary N) is 1. The van der Waals surface area contributed by atoms with Crippen LogP contribution in [-0.4, -0.2) is 34.9 Å². The Morgan fingerprint density at radius 3 is 2.88 bits per heavy atom. The molecule has 6 nitrogen and oxygen atoms in total. The molecule has 0 unspecified atom stereocenters. The highest BCUT2D eigenvalue weighted by Crippen LogP contribution is 2.20. The average molecular weight is 357 g/mol. The van der Waals surface area contributed by atoms with E-state index < -0.39 is 0 Å². The third kappa shape index (κ3) is 5.14. The molecule has 1 fully saturated rings. The Kier molecular flexibility index (Phi) is 6.77. The number of para-hydroxylation sites is 1. The van der Waals surface area contributed by atoms with Gasteiger partial charge in [0.05, 0.1) is 24.4 Å². The summed E-state index contributed by atoms with van der Waals surface area (Å²) in [6.45, 7) is 1.78. The van der Waals surface area contributed by atoms with Gasteiger partial charge in [-0.25, -0.2) is 0 Å². The molecule has 140 valence electrons. The van der Waals surface area contributed by atoms with E-state index in [1.54, 1.807) is 10.7 Å². The summed E-state index contributed by atoms with van der Waals surface area (Å²) in [6.07, 6.45) is 9.12. The van der Waals surface area contributed by atoms with E-state index in [4.69, 9.17) is 4.74 Å². The van der Waals surface area contributed by atoms with Gasteiger partial charge >= 0.3 is 0 Å². The number of carbonyl (C=O) groups excluding carboxylic acids is 1. The summed E-state index contributed by atoms with van der Waals surface area (Å²) < 4.78 is 7.57. The van der Waals surface area contributed by atoms with Crippen molar-refractivity contribution >= 4 is 16.8 Å². The van der Waals surface area contributed by atoms with Crippen molar-refractivity contribution in [2.75, 3.05) is 13.2 Å². The molecule has 1 aliphatic rings. The molecule has 1 aromatic heterocycles. The smallest absolute Gasteiger partial charge is 0.221 e. The molecule has 1 aromatic carbocycles. The minimum Gasteiger partial charge on any atom is -0.378 e. The first-order valence-electron chi connectivity index (χ1n) is 9.57. The Labute approximate surface area is 153 Å². The fraction of sp³-hybridized carbons (Fsp3) is 0.550. The van der Waals surface area contributed by atoms with Gasteiger partial charge in [-0.05, 0) is 31.4 Å². The van der Waals surface area contributed by atoms with Crippen molar-refractivity contribution in [3.63, 3.8) is 0 Å². The van der Waals surface area contributed by atoms with Crippen molar-refractivity contribution in [1.29, 1.82) is 0 Å². The monoisotopic (exact) mass is 357 g/mol. The van der Waals surface area contributed by atoms with E-state index in [0.29, 0.717) is 37.6 Å². The second-order valence-corrected chi connectivity index (χ2v) is 6.83. The van der Waals surface area contributed by atoms with E-state index in [1.165, 1.54) is 38.3 Å². The van der Waals surface area contributed by atoms with Crippen LogP contribution in [0.25, 0.3) is 10.9 Å². The summed E-state index contributed by atoms with van der Waals surface area (Å²) in [7, 11) is 0. The fourth-order valence-electron chi connectivity index (χ4n) is 3.42. The van der Waals surface area contributed by atoms with Gasteiger partial charge in [0.15, 0.2) is 0 Å². The molecule has 0 radical (unpaired) electrons. The number of benzene rings is 1. The van der Waals surface area contributed by atoms with Crippen molar-refractivity contribution in [3.8, 4) is 0 Å². The van der Waals surface area contributed by atoms with Crippen LogP contribution in [0.1, 0.15) is 44.9 Å². The first-order chi connectivity index (χ1) is 12.7. The van der Waals surface area contributed by atoms with Gasteiger partial charge in [0.2, 0.25) is 11.3 Å². The molecule has 1 N–H and O–H groups in total. The number of amides is 1. The van der Waals surface area contributed by atoms with Crippen molar-refractivity contribution in [3.05, 3.63) is 40.7 Å². The molecule has 2 aromatic rings. The van der Waals surface area contributed by atoms with Crippen LogP contribution in [-0.2, 0) is 16.1 Å². The molecule has 0 bridgehead atoms. The maximum Gasteiger partial charge on any atom is 0.221 e. The Morgan fingerprint density at radius 1 is 1.23 bits per heavy atom. The Hall–Kier alpha value is -2.21. The Balaban J connectivity index is 1.38. The topological polar surface area (TPSA) is 73.2 Å². The molecule has 26 heavy (non-hydrogen) atoms. The van der Waals surface area contributed by atoms with Crippen LogP contribution in [0.15, 0.2) is 35.3 Å². The number of aromatic nitrogens is 2. The lowest BCUT2D eigenvalue weighted by Gasteiger charge is -2.21. The quantitative estimate of drug-likeness (QED) is 0.737. The summed E-state index contributed by atoms with van der Waals surface area (Å²) in [4.78, 5) is 23.8.